The van der Waals surface area contributed by atoms with Crippen LogP contribution in [0, 0.1) is 0 Å². The number of carbonyl (C=O) groups is 1. The summed E-state index contributed by atoms with van der Waals surface area (Å²) in [6.45, 7) is 3.58. The van der Waals surface area contributed by atoms with Crippen molar-refractivity contribution >= 4 is 15.1 Å². The molecular weight excluding hydrogens is 259 g/mol. The number of hydrogen-bond acceptors (Lipinski definition) is 3. The van der Waals surface area contributed by atoms with Crippen molar-refractivity contribution in [1.82, 2.24) is 20.3 Å². The van der Waals surface area contributed by atoms with Crippen molar-refractivity contribution in [2.75, 3.05) is 12.7 Å². The molecule has 0 aliphatic carbocycles. The molecule has 0 aromatic carbocycles. The third-order valence-corrected chi connectivity index (χ3v) is 3.35. The van der Waals surface area contributed by atoms with Crippen LogP contribution in [0.2, 0.25) is 0 Å². The summed E-state index contributed by atoms with van der Waals surface area (Å²) >= 11 is 0. The maximum atomic E-state index is 11.5. The lowest BCUT2D eigenvalue weighted by atomic mass is 10.2. The molecule has 19 heavy (non-hydrogen) atoms. The second-order valence-corrected chi connectivity index (χ2v) is 5.21. The zero-order chi connectivity index (χ0) is 13.9. The summed E-state index contributed by atoms with van der Waals surface area (Å²) in [5, 5.41) is 11.0. The minimum Gasteiger partial charge on any atom is -0.356 e. The van der Waals surface area contributed by atoms with Crippen LogP contribution in [0.25, 0.3) is 0 Å². The van der Waals surface area contributed by atoms with E-state index in [0.29, 0.717) is 13.0 Å². The topological polar surface area (TPSA) is 59.8 Å². The molecule has 1 unspecified atom stereocenters. The van der Waals surface area contributed by atoms with Gasteiger partial charge in [0.2, 0.25) is 5.91 Å². The molecule has 1 atom stereocenters. The van der Waals surface area contributed by atoms with Gasteiger partial charge in [0.05, 0.1) is 5.69 Å². The highest BCUT2D eigenvalue weighted by Crippen LogP contribution is 2.02. The van der Waals surface area contributed by atoms with Crippen LogP contribution >= 0.6 is 9.24 Å². The first kappa shape index (κ1) is 16.1. The van der Waals surface area contributed by atoms with Gasteiger partial charge in [0.15, 0.2) is 0 Å². The second-order valence-electron chi connectivity index (χ2n) is 4.63. The first-order valence-electron chi connectivity index (χ1n) is 7.12. The predicted octanol–water partition coefficient (Wildman–Crippen LogP) is 1.78. The van der Waals surface area contributed by atoms with Crippen LogP contribution in [-0.4, -0.2) is 33.6 Å². The number of nitrogens with zero attached hydrogens (tertiary/aromatic N) is 3. The van der Waals surface area contributed by atoms with Crippen LogP contribution in [0.5, 0.6) is 0 Å². The van der Waals surface area contributed by atoms with Crippen molar-refractivity contribution in [1.29, 1.82) is 0 Å². The summed E-state index contributed by atoms with van der Waals surface area (Å²) in [4.78, 5) is 11.5. The Morgan fingerprint density at radius 3 is 2.89 bits per heavy atom. The van der Waals surface area contributed by atoms with Gasteiger partial charge >= 0.3 is 0 Å². The minimum absolute atomic E-state index is 0.164. The fourth-order valence-corrected chi connectivity index (χ4v) is 2.06. The van der Waals surface area contributed by atoms with Crippen LogP contribution in [0.4, 0.5) is 0 Å². The Bertz CT molecular complexity index is 367. The molecule has 0 aliphatic heterocycles. The van der Waals surface area contributed by atoms with Crippen molar-refractivity contribution < 1.29 is 4.79 Å². The summed E-state index contributed by atoms with van der Waals surface area (Å²) < 4.78 is 1.84. The molecule has 1 rings (SSSR count). The average Bonchev–Trinajstić information content (AvgIpc) is 2.88. The van der Waals surface area contributed by atoms with E-state index in [1.165, 1.54) is 6.42 Å². The van der Waals surface area contributed by atoms with Crippen LogP contribution in [-0.2, 0) is 17.8 Å². The fourth-order valence-electron chi connectivity index (χ4n) is 1.77. The van der Waals surface area contributed by atoms with E-state index in [2.05, 4.69) is 31.8 Å². The van der Waals surface area contributed by atoms with Crippen molar-refractivity contribution in [3.63, 3.8) is 0 Å². The number of nitrogens with one attached hydrogen (secondary N) is 1. The molecular formula is C13H25N4OP. The molecule has 6 heteroatoms. The van der Waals surface area contributed by atoms with E-state index in [1.807, 2.05) is 10.9 Å². The first-order chi connectivity index (χ1) is 9.26. The Morgan fingerprint density at radius 1 is 1.37 bits per heavy atom. The van der Waals surface area contributed by atoms with Gasteiger partial charge in [-0.2, -0.15) is 0 Å². The molecule has 108 valence electrons. The normalized spacial score (nSPS) is 10.6. The monoisotopic (exact) mass is 284 g/mol. The zero-order valence-corrected chi connectivity index (χ0v) is 12.9. The maximum Gasteiger partial charge on any atom is 0.219 e. The highest BCUT2D eigenvalue weighted by molar-refractivity contribution is 7.16. The molecule has 0 aliphatic rings. The lowest BCUT2D eigenvalue weighted by Gasteiger charge is -2.05. The van der Waals surface area contributed by atoms with Gasteiger partial charge in [-0.25, -0.2) is 0 Å². The molecule has 1 aromatic heterocycles. The zero-order valence-electron chi connectivity index (χ0n) is 11.8. The Hall–Kier alpha value is -0.960. The molecule has 0 spiro atoms. The number of amides is 1. The highest BCUT2D eigenvalue weighted by atomic mass is 31.0. The Morgan fingerprint density at radius 2 is 2.21 bits per heavy atom. The molecule has 0 bridgehead atoms. The van der Waals surface area contributed by atoms with Crippen LogP contribution < -0.4 is 5.32 Å². The van der Waals surface area contributed by atoms with Gasteiger partial charge in [-0.15, -0.1) is 14.3 Å². The quantitative estimate of drug-likeness (QED) is 0.526. The van der Waals surface area contributed by atoms with Gasteiger partial charge in [-0.1, -0.05) is 18.6 Å². The summed E-state index contributed by atoms with van der Waals surface area (Å²) in [5.41, 5.74) is 1.01. The number of unbranched alkanes of at least 4 members (excludes halogenated alkanes) is 2. The summed E-state index contributed by atoms with van der Waals surface area (Å²) in [7, 11) is 2.71. The molecule has 1 N–H and O–H groups in total. The average molecular weight is 284 g/mol. The molecule has 1 heterocycles. The van der Waals surface area contributed by atoms with Gasteiger partial charge in [0, 0.05) is 25.7 Å². The van der Waals surface area contributed by atoms with Gasteiger partial charge in [-0.3, -0.25) is 9.48 Å². The summed E-state index contributed by atoms with van der Waals surface area (Å²) in [6.07, 6.45) is 8.84. The van der Waals surface area contributed by atoms with Crippen molar-refractivity contribution in [2.24, 2.45) is 0 Å². The van der Waals surface area contributed by atoms with Gasteiger partial charge < -0.3 is 5.32 Å². The predicted molar refractivity (Wildman–Crippen MR) is 80.1 cm³/mol. The molecule has 0 saturated heterocycles. The molecule has 0 fully saturated rings. The first-order valence-corrected chi connectivity index (χ1v) is 7.93. The van der Waals surface area contributed by atoms with Crippen LogP contribution in [0.3, 0.4) is 0 Å². The molecule has 0 radical (unpaired) electrons. The lowest BCUT2D eigenvalue weighted by molar-refractivity contribution is -0.121. The number of aromatic nitrogens is 3. The van der Waals surface area contributed by atoms with Crippen LogP contribution in [0.15, 0.2) is 6.20 Å². The van der Waals surface area contributed by atoms with E-state index < -0.39 is 0 Å². The summed E-state index contributed by atoms with van der Waals surface area (Å²) in [5.74, 6) is 0.164. The Kier molecular flexibility index (Phi) is 8.39. The maximum absolute atomic E-state index is 11.5. The van der Waals surface area contributed by atoms with Gasteiger partial charge in [0.25, 0.3) is 0 Å². The molecule has 5 nitrogen and oxygen atoms in total. The highest BCUT2D eigenvalue weighted by Gasteiger charge is 2.01. The number of aryl methyl sites for hydroxylation is 2. The third kappa shape index (κ3) is 7.26. The van der Waals surface area contributed by atoms with E-state index >= 15 is 0 Å². The third-order valence-electron chi connectivity index (χ3n) is 2.94. The second kappa shape index (κ2) is 9.90. The number of carbonyl (C=O) groups excluding carboxylic acids is 1. The van der Waals surface area contributed by atoms with E-state index in [9.17, 15) is 4.79 Å². The Balaban J connectivity index is 2.02. The number of rotatable bonds is 10. The Labute approximate surface area is 117 Å². The van der Waals surface area contributed by atoms with Gasteiger partial charge in [0.1, 0.15) is 0 Å². The van der Waals surface area contributed by atoms with Crippen molar-refractivity contribution in [2.45, 2.75) is 52.0 Å². The lowest BCUT2D eigenvalue weighted by Crippen LogP contribution is -2.24. The standard InChI is InChI=1S/C13H25N4OP/c1-2-12-11-17(16-15-12)9-6-8-14-13(18)7-4-3-5-10-19/h11H,2-10,19H2,1H3,(H,14,18). The smallest absolute Gasteiger partial charge is 0.219 e. The van der Waals surface area contributed by atoms with Gasteiger partial charge in [-0.05, 0) is 31.8 Å². The number of hydrogen-bond donors (Lipinski definition) is 1. The van der Waals surface area contributed by atoms with Crippen molar-refractivity contribution in [3.8, 4) is 0 Å². The van der Waals surface area contributed by atoms with E-state index in [1.54, 1.807) is 0 Å². The van der Waals surface area contributed by atoms with E-state index in [-0.39, 0.29) is 5.91 Å². The van der Waals surface area contributed by atoms with E-state index in [0.717, 1.165) is 44.1 Å². The largest absolute Gasteiger partial charge is 0.356 e. The van der Waals surface area contributed by atoms with E-state index in [4.69, 9.17) is 0 Å². The summed E-state index contributed by atoms with van der Waals surface area (Å²) in [6, 6.07) is 0. The minimum atomic E-state index is 0.164. The molecule has 0 saturated carbocycles. The SMILES string of the molecule is CCc1cn(CCCNC(=O)CCCCCP)nn1. The molecule has 1 aromatic rings. The molecule has 1 amide bonds. The van der Waals surface area contributed by atoms with Crippen LogP contribution in [0.1, 0.15) is 44.7 Å². The fraction of sp³-hybridized carbons (Fsp3) is 0.769. The van der Waals surface area contributed by atoms with Crippen molar-refractivity contribution in [3.05, 3.63) is 11.9 Å².